The van der Waals surface area contributed by atoms with Gasteiger partial charge in [0.25, 0.3) is 0 Å². The second kappa shape index (κ2) is 9.01. The number of allylic oxidation sites excluding steroid dienone is 6. The van der Waals surface area contributed by atoms with Crippen molar-refractivity contribution < 1.29 is 0 Å². The van der Waals surface area contributed by atoms with E-state index in [1.54, 1.807) is 0 Å². The Kier molecular flexibility index (Phi) is 8.26. The first-order chi connectivity index (χ1) is 6.27. The van der Waals surface area contributed by atoms with Crippen molar-refractivity contribution in [1.82, 2.24) is 0 Å². The maximum absolute atomic E-state index is 5.28. The molecule has 13 heavy (non-hydrogen) atoms. The summed E-state index contributed by atoms with van der Waals surface area (Å²) in [5, 5.41) is 0. The molecule has 0 heterocycles. The minimum atomic E-state index is 0.607. The Morgan fingerprint density at radius 2 is 1.85 bits per heavy atom. The summed E-state index contributed by atoms with van der Waals surface area (Å²) in [6.45, 7) is 6.46. The quantitative estimate of drug-likeness (QED) is 0.490. The summed E-state index contributed by atoms with van der Waals surface area (Å²) in [4.78, 5) is 0. The fraction of sp³-hybridized carbons (Fsp3) is 0.333. The molecular formula is C12H19N. The Morgan fingerprint density at radius 1 is 1.15 bits per heavy atom. The third-order valence-electron chi connectivity index (χ3n) is 1.42. The van der Waals surface area contributed by atoms with Gasteiger partial charge < -0.3 is 5.73 Å². The topological polar surface area (TPSA) is 26.0 Å². The Hall–Kier alpha value is -1.08. The summed E-state index contributed by atoms with van der Waals surface area (Å²) in [6.07, 6.45) is 14.2. The summed E-state index contributed by atoms with van der Waals surface area (Å²) in [5.74, 6) is 0. The second-order valence-electron chi connectivity index (χ2n) is 2.96. The monoisotopic (exact) mass is 177 g/mol. The average Bonchev–Trinajstić information content (AvgIpc) is 2.09. The predicted octanol–water partition coefficient (Wildman–Crippen LogP) is 2.97. The van der Waals surface area contributed by atoms with E-state index in [2.05, 4.69) is 24.8 Å². The first-order valence-corrected chi connectivity index (χ1v) is 4.58. The van der Waals surface area contributed by atoms with E-state index in [4.69, 9.17) is 5.73 Å². The Labute approximate surface area is 81.3 Å². The molecular weight excluding hydrogens is 158 g/mol. The van der Waals surface area contributed by atoms with Crippen LogP contribution in [0.3, 0.4) is 0 Å². The van der Waals surface area contributed by atoms with Crippen LogP contribution in [0.25, 0.3) is 0 Å². The van der Waals surface area contributed by atoms with Gasteiger partial charge in [0.05, 0.1) is 0 Å². The van der Waals surface area contributed by atoms with Crippen molar-refractivity contribution in [3.8, 4) is 0 Å². The predicted molar refractivity (Wildman–Crippen MR) is 60.5 cm³/mol. The van der Waals surface area contributed by atoms with Crippen molar-refractivity contribution in [3.63, 3.8) is 0 Å². The molecule has 0 fully saturated rings. The third kappa shape index (κ3) is 10.9. The fourth-order valence-corrected chi connectivity index (χ4v) is 0.774. The molecule has 1 nitrogen and oxygen atoms in total. The van der Waals surface area contributed by atoms with Gasteiger partial charge in [-0.2, -0.15) is 0 Å². The lowest BCUT2D eigenvalue weighted by Crippen LogP contribution is -1.91. The summed E-state index contributed by atoms with van der Waals surface area (Å²) in [6, 6.07) is 0. The van der Waals surface area contributed by atoms with E-state index < -0.39 is 0 Å². The zero-order valence-electron chi connectivity index (χ0n) is 8.37. The van der Waals surface area contributed by atoms with Gasteiger partial charge in [0.1, 0.15) is 0 Å². The van der Waals surface area contributed by atoms with Crippen LogP contribution in [0.15, 0.2) is 48.6 Å². The van der Waals surface area contributed by atoms with Crippen LogP contribution in [0.2, 0.25) is 0 Å². The van der Waals surface area contributed by atoms with Crippen molar-refractivity contribution >= 4 is 0 Å². The molecule has 0 bridgehead atoms. The molecule has 0 amide bonds. The SMILES string of the molecule is C=C(C)C/C=C/C/C=C\C=C/CN. The van der Waals surface area contributed by atoms with E-state index >= 15 is 0 Å². The number of hydrogen-bond acceptors (Lipinski definition) is 1. The van der Waals surface area contributed by atoms with Crippen LogP contribution in [-0.4, -0.2) is 6.54 Å². The molecule has 2 N–H and O–H groups in total. The van der Waals surface area contributed by atoms with Gasteiger partial charge in [-0.05, 0) is 19.8 Å². The second-order valence-corrected chi connectivity index (χ2v) is 2.96. The minimum Gasteiger partial charge on any atom is -0.327 e. The number of hydrogen-bond donors (Lipinski definition) is 1. The standard InChI is InChI=1S/C12H19N/c1-12(2)10-8-6-4-3-5-7-9-11-13/h3,5-9H,1,4,10-11,13H2,2H3/b5-3-,8-6+,9-7-. The Bertz CT molecular complexity index is 209. The van der Waals surface area contributed by atoms with E-state index in [0.29, 0.717) is 6.54 Å². The van der Waals surface area contributed by atoms with Crippen LogP contribution in [-0.2, 0) is 0 Å². The molecule has 0 aliphatic carbocycles. The molecule has 0 aliphatic rings. The first kappa shape index (κ1) is 11.9. The number of nitrogens with two attached hydrogens (primary N) is 1. The van der Waals surface area contributed by atoms with Crippen LogP contribution in [0.5, 0.6) is 0 Å². The van der Waals surface area contributed by atoms with E-state index in [-0.39, 0.29) is 0 Å². The van der Waals surface area contributed by atoms with Gasteiger partial charge in [-0.3, -0.25) is 0 Å². The van der Waals surface area contributed by atoms with Crippen LogP contribution in [0.1, 0.15) is 19.8 Å². The highest BCUT2D eigenvalue weighted by Crippen LogP contribution is 1.97. The molecule has 0 saturated heterocycles. The lowest BCUT2D eigenvalue weighted by molar-refractivity contribution is 1.20. The van der Waals surface area contributed by atoms with Crippen molar-refractivity contribution in [2.24, 2.45) is 5.73 Å². The normalized spacial score (nSPS) is 12.2. The van der Waals surface area contributed by atoms with Crippen LogP contribution < -0.4 is 5.73 Å². The molecule has 0 unspecified atom stereocenters. The van der Waals surface area contributed by atoms with Crippen molar-refractivity contribution in [2.75, 3.05) is 6.54 Å². The molecule has 0 saturated carbocycles. The highest BCUT2D eigenvalue weighted by molar-refractivity contribution is 5.06. The van der Waals surface area contributed by atoms with Gasteiger partial charge in [0.2, 0.25) is 0 Å². The van der Waals surface area contributed by atoms with Gasteiger partial charge in [0, 0.05) is 6.54 Å². The summed E-state index contributed by atoms with van der Waals surface area (Å²) in [7, 11) is 0. The van der Waals surface area contributed by atoms with Crippen LogP contribution >= 0.6 is 0 Å². The van der Waals surface area contributed by atoms with E-state index in [0.717, 1.165) is 12.8 Å². The van der Waals surface area contributed by atoms with Gasteiger partial charge >= 0.3 is 0 Å². The third-order valence-corrected chi connectivity index (χ3v) is 1.42. The highest BCUT2D eigenvalue weighted by Gasteiger charge is 1.76. The first-order valence-electron chi connectivity index (χ1n) is 4.58. The summed E-state index contributed by atoms with van der Waals surface area (Å²) >= 11 is 0. The molecule has 0 rings (SSSR count). The highest BCUT2D eigenvalue weighted by atomic mass is 14.5. The lowest BCUT2D eigenvalue weighted by Gasteiger charge is -1.87. The van der Waals surface area contributed by atoms with Crippen molar-refractivity contribution in [2.45, 2.75) is 19.8 Å². The molecule has 0 radical (unpaired) electrons. The van der Waals surface area contributed by atoms with Crippen LogP contribution in [0, 0.1) is 0 Å². The smallest absolute Gasteiger partial charge is 0.0109 e. The molecule has 0 aromatic carbocycles. The minimum absolute atomic E-state index is 0.607. The van der Waals surface area contributed by atoms with Gasteiger partial charge in [-0.15, -0.1) is 0 Å². The zero-order chi connectivity index (χ0) is 9.94. The molecule has 72 valence electrons. The van der Waals surface area contributed by atoms with Gasteiger partial charge in [0.15, 0.2) is 0 Å². The maximum Gasteiger partial charge on any atom is 0.0109 e. The van der Waals surface area contributed by atoms with Crippen molar-refractivity contribution in [1.29, 1.82) is 0 Å². The zero-order valence-corrected chi connectivity index (χ0v) is 8.37. The summed E-state index contributed by atoms with van der Waals surface area (Å²) in [5.41, 5.74) is 6.48. The maximum atomic E-state index is 5.28. The Morgan fingerprint density at radius 3 is 2.46 bits per heavy atom. The summed E-state index contributed by atoms with van der Waals surface area (Å²) < 4.78 is 0. The Balaban J connectivity index is 3.43. The largest absolute Gasteiger partial charge is 0.327 e. The fourth-order valence-electron chi connectivity index (χ4n) is 0.774. The van der Waals surface area contributed by atoms with Crippen LogP contribution in [0.4, 0.5) is 0 Å². The average molecular weight is 177 g/mol. The molecule has 0 spiro atoms. The number of rotatable bonds is 6. The van der Waals surface area contributed by atoms with E-state index in [9.17, 15) is 0 Å². The van der Waals surface area contributed by atoms with E-state index in [1.807, 2.05) is 25.2 Å². The molecule has 0 aromatic heterocycles. The lowest BCUT2D eigenvalue weighted by atomic mass is 10.2. The van der Waals surface area contributed by atoms with Gasteiger partial charge in [-0.1, -0.05) is 48.6 Å². The molecule has 0 aliphatic heterocycles. The molecule has 1 heteroatoms. The van der Waals surface area contributed by atoms with Gasteiger partial charge in [-0.25, -0.2) is 0 Å². The molecule has 0 atom stereocenters. The molecule has 0 aromatic rings. The van der Waals surface area contributed by atoms with Crippen molar-refractivity contribution in [3.05, 3.63) is 48.6 Å². The van der Waals surface area contributed by atoms with E-state index in [1.165, 1.54) is 5.57 Å².